The highest BCUT2D eigenvalue weighted by Crippen LogP contribution is 2.39. The second-order valence-corrected chi connectivity index (χ2v) is 5.52. The van der Waals surface area contributed by atoms with Crippen LogP contribution in [0.15, 0.2) is 0 Å². The molecule has 0 spiro atoms. The van der Waals surface area contributed by atoms with Crippen LogP contribution in [0.1, 0.15) is 54.4 Å². The van der Waals surface area contributed by atoms with Crippen molar-refractivity contribution >= 4 is 6.09 Å². The predicted octanol–water partition coefficient (Wildman–Crippen LogP) is 3.97. The molecule has 1 aliphatic carbocycles. The number of carbonyl (C=O) groups is 1. The van der Waals surface area contributed by atoms with Crippen molar-refractivity contribution in [1.82, 2.24) is 5.32 Å². The van der Waals surface area contributed by atoms with Crippen LogP contribution in [0, 0.1) is 5.41 Å². The number of alkyl halides is 2. The van der Waals surface area contributed by atoms with Crippen molar-refractivity contribution in [2.45, 2.75) is 72.5 Å². The standard InChI is InChI=1S/C11H19F2NO2.C2H6/c1-7(10(2,3)4)14-9(15)16-8-5-11(12,13)6-8;1-2/h7-8H,5-6H2,1-4H3,(H,14,15);1-2H3. The Bertz CT molecular complexity index is 267. The molecule has 1 saturated carbocycles. The molecule has 0 aromatic rings. The van der Waals surface area contributed by atoms with Crippen LogP contribution in [-0.2, 0) is 4.74 Å². The van der Waals surface area contributed by atoms with Crippen LogP contribution < -0.4 is 5.32 Å². The van der Waals surface area contributed by atoms with Gasteiger partial charge in [-0.1, -0.05) is 34.6 Å². The normalized spacial score (nSPS) is 20.0. The number of alkyl carbamates (subject to hydrolysis) is 1. The van der Waals surface area contributed by atoms with Gasteiger partial charge in [-0.2, -0.15) is 0 Å². The Morgan fingerprint density at radius 1 is 1.33 bits per heavy atom. The number of amides is 1. The van der Waals surface area contributed by atoms with Crippen molar-refractivity contribution in [3.05, 3.63) is 0 Å². The largest absolute Gasteiger partial charge is 0.446 e. The van der Waals surface area contributed by atoms with Gasteiger partial charge >= 0.3 is 6.09 Å². The predicted molar refractivity (Wildman–Crippen MR) is 67.9 cm³/mol. The maximum atomic E-state index is 12.5. The van der Waals surface area contributed by atoms with Gasteiger partial charge in [0.1, 0.15) is 6.10 Å². The average Bonchev–Trinajstić information content (AvgIpc) is 2.16. The minimum atomic E-state index is -2.65. The second-order valence-electron chi connectivity index (χ2n) is 5.52. The van der Waals surface area contributed by atoms with E-state index < -0.39 is 18.1 Å². The Balaban J connectivity index is 0.00000137. The summed E-state index contributed by atoms with van der Waals surface area (Å²) in [6.45, 7) is 11.8. The Morgan fingerprint density at radius 2 is 1.78 bits per heavy atom. The van der Waals surface area contributed by atoms with E-state index in [0.29, 0.717) is 0 Å². The lowest BCUT2D eigenvalue weighted by Crippen LogP contribution is -2.47. The second kappa shape index (κ2) is 6.34. The third-order valence-corrected chi connectivity index (χ3v) is 2.96. The topological polar surface area (TPSA) is 38.3 Å². The SMILES string of the molecule is CC.CC(NC(=O)OC1CC(F)(F)C1)C(C)(C)C. The lowest BCUT2D eigenvalue weighted by molar-refractivity contribution is -0.144. The maximum absolute atomic E-state index is 12.5. The molecule has 1 N–H and O–H groups in total. The Kier molecular flexibility index (Phi) is 6.04. The fourth-order valence-corrected chi connectivity index (χ4v) is 1.27. The van der Waals surface area contributed by atoms with Crippen molar-refractivity contribution in [3.8, 4) is 0 Å². The first-order valence-electron chi connectivity index (χ1n) is 6.45. The summed E-state index contributed by atoms with van der Waals surface area (Å²) < 4.78 is 29.8. The quantitative estimate of drug-likeness (QED) is 0.820. The fraction of sp³-hybridized carbons (Fsp3) is 0.923. The van der Waals surface area contributed by atoms with Gasteiger partial charge in [-0.05, 0) is 12.3 Å². The van der Waals surface area contributed by atoms with E-state index in [1.54, 1.807) is 0 Å². The molecule has 0 heterocycles. The van der Waals surface area contributed by atoms with Gasteiger partial charge in [-0.15, -0.1) is 0 Å². The van der Waals surface area contributed by atoms with Gasteiger partial charge in [0.2, 0.25) is 0 Å². The summed E-state index contributed by atoms with van der Waals surface area (Å²) in [6.07, 6.45) is -1.96. The Hall–Kier alpha value is -0.870. The molecule has 1 aliphatic rings. The number of hydrogen-bond acceptors (Lipinski definition) is 2. The zero-order valence-corrected chi connectivity index (χ0v) is 12.1. The summed E-state index contributed by atoms with van der Waals surface area (Å²) in [5.74, 6) is -2.65. The van der Waals surface area contributed by atoms with Gasteiger partial charge in [-0.25, -0.2) is 13.6 Å². The summed E-state index contributed by atoms with van der Waals surface area (Å²) in [4.78, 5) is 11.3. The molecular weight excluding hydrogens is 240 g/mol. The smallest absolute Gasteiger partial charge is 0.407 e. The van der Waals surface area contributed by atoms with E-state index in [9.17, 15) is 13.6 Å². The van der Waals surface area contributed by atoms with E-state index in [-0.39, 0.29) is 24.3 Å². The molecule has 1 unspecified atom stereocenters. The molecule has 1 amide bonds. The van der Waals surface area contributed by atoms with E-state index in [1.165, 1.54) is 0 Å². The fourth-order valence-electron chi connectivity index (χ4n) is 1.27. The van der Waals surface area contributed by atoms with Crippen molar-refractivity contribution in [1.29, 1.82) is 0 Å². The van der Waals surface area contributed by atoms with Crippen LogP contribution >= 0.6 is 0 Å². The molecule has 0 aromatic heterocycles. The van der Waals surface area contributed by atoms with Gasteiger partial charge in [0.05, 0.1) is 0 Å². The van der Waals surface area contributed by atoms with Crippen molar-refractivity contribution in [2.24, 2.45) is 5.41 Å². The monoisotopic (exact) mass is 265 g/mol. The van der Waals surface area contributed by atoms with Crippen LogP contribution in [0.2, 0.25) is 0 Å². The summed E-state index contributed by atoms with van der Waals surface area (Å²) in [6, 6.07) is -0.0689. The first kappa shape index (κ1) is 17.1. The molecule has 5 heteroatoms. The minimum absolute atomic E-state index is 0.0689. The molecule has 1 rings (SSSR count). The van der Waals surface area contributed by atoms with E-state index in [2.05, 4.69) is 5.32 Å². The lowest BCUT2D eigenvalue weighted by atomic mass is 9.88. The molecular formula is C13H25F2NO2. The number of carbonyl (C=O) groups excluding carboxylic acids is 1. The highest BCUT2D eigenvalue weighted by molar-refractivity contribution is 5.68. The van der Waals surface area contributed by atoms with Gasteiger partial charge in [0.15, 0.2) is 0 Å². The van der Waals surface area contributed by atoms with E-state index >= 15 is 0 Å². The first-order chi connectivity index (χ1) is 8.10. The summed E-state index contributed by atoms with van der Waals surface area (Å²) in [7, 11) is 0. The number of halogens is 2. The van der Waals surface area contributed by atoms with Crippen LogP contribution in [0.4, 0.5) is 13.6 Å². The first-order valence-corrected chi connectivity index (χ1v) is 6.45. The molecule has 0 bridgehead atoms. The molecule has 18 heavy (non-hydrogen) atoms. The summed E-state index contributed by atoms with van der Waals surface area (Å²) >= 11 is 0. The number of hydrogen-bond donors (Lipinski definition) is 1. The highest BCUT2D eigenvalue weighted by Gasteiger charge is 2.47. The van der Waals surface area contributed by atoms with Crippen LogP contribution in [0.3, 0.4) is 0 Å². The molecule has 0 aromatic carbocycles. The zero-order chi connectivity index (χ0) is 14.6. The average molecular weight is 265 g/mol. The third-order valence-electron chi connectivity index (χ3n) is 2.96. The Morgan fingerprint density at radius 3 is 2.11 bits per heavy atom. The lowest BCUT2D eigenvalue weighted by Gasteiger charge is -2.35. The van der Waals surface area contributed by atoms with E-state index in [4.69, 9.17) is 4.74 Å². The van der Waals surface area contributed by atoms with Gasteiger partial charge in [-0.3, -0.25) is 0 Å². The minimum Gasteiger partial charge on any atom is -0.446 e. The maximum Gasteiger partial charge on any atom is 0.407 e. The highest BCUT2D eigenvalue weighted by atomic mass is 19.3. The zero-order valence-electron chi connectivity index (χ0n) is 12.1. The summed E-state index contributed by atoms with van der Waals surface area (Å²) in [5, 5.41) is 2.64. The van der Waals surface area contributed by atoms with Gasteiger partial charge < -0.3 is 10.1 Å². The molecule has 0 saturated heterocycles. The van der Waals surface area contributed by atoms with E-state index in [1.807, 2.05) is 41.5 Å². The molecule has 3 nitrogen and oxygen atoms in total. The van der Waals surface area contributed by atoms with Gasteiger partial charge in [0.25, 0.3) is 5.92 Å². The van der Waals surface area contributed by atoms with Crippen molar-refractivity contribution in [2.75, 3.05) is 0 Å². The number of rotatable bonds is 2. The molecule has 0 aliphatic heterocycles. The molecule has 0 radical (unpaired) electrons. The molecule has 1 fully saturated rings. The molecule has 1 atom stereocenters. The third kappa shape index (κ3) is 5.65. The number of nitrogens with one attached hydrogen (secondary N) is 1. The number of ether oxygens (including phenoxy) is 1. The van der Waals surface area contributed by atoms with Gasteiger partial charge in [0, 0.05) is 18.9 Å². The van der Waals surface area contributed by atoms with E-state index in [0.717, 1.165) is 0 Å². The van der Waals surface area contributed by atoms with Crippen molar-refractivity contribution < 1.29 is 18.3 Å². The molecule has 108 valence electrons. The summed E-state index contributed by atoms with van der Waals surface area (Å²) in [5.41, 5.74) is -0.0808. The Labute approximate surface area is 108 Å². The van der Waals surface area contributed by atoms with Crippen molar-refractivity contribution in [3.63, 3.8) is 0 Å². The van der Waals surface area contributed by atoms with Crippen LogP contribution in [-0.4, -0.2) is 24.2 Å². The van der Waals surface area contributed by atoms with Crippen LogP contribution in [0.25, 0.3) is 0 Å². The van der Waals surface area contributed by atoms with Crippen LogP contribution in [0.5, 0.6) is 0 Å².